The fourth-order valence-corrected chi connectivity index (χ4v) is 5.44. The molecule has 0 atom stereocenters. The normalized spacial score (nSPS) is 14.1. The van der Waals surface area contributed by atoms with E-state index in [0.29, 0.717) is 36.1 Å². The van der Waals surface area contributed by atoms with Gasteiger partial charge >= 0.3 is 0 Å². The van der Waals surface area contributed by atoms with Gasteiger partial charge < -0.3 is 14.0 Å². The summed E-state index contributed by atoms with van der Waals surface area (Å²) in [7, 11) is -3.54. The molecule has 0 N–H and O–H groups in total. The molecule has 1 aliphatic heterocycles. The summed E-state index contributed by atoms with van der Waals surface area (Å²) in [6.45, 7) is 5.20. The first-order valence-electron chi connectivity index (χ1n) is 9.37. The van der Waals surface area contributed by atoms with Gasteiger partial charge in [-0.2, -0.15) is 4.99 Å². The van der Waals surface area contributed by atoms with Crippen LogP contribution in [0.15, 0.2) is 65.0 Å². The van der Waals surface area contributed by atoms with Gasteiger partial charge in [0.15, 0.2) is 26.1 Å². The predicted octanol–water partition coefficient (Wildman–Crippen LogP) is 2.95. The Morgan fingerprint density at radius 1 is 1.17 bits per heavy atom. The number of nitrogens with zero attached hydrogens (tertiary/aromatic N) is 2. The topological polar surface area (TPSA) is 87.0 Å². The Balaban J connectivity index is 1.63. The van der Waals surface area contributed by atoms with Crippen LogP contribution in [0.4, 0.5) is 0 Å². The first-order valence-corrected chi connectivity index (χ1v) is 11.8. The number of ether oxygens (including phenoxy) is 2. The molecule has 0 saturated carbocycles. The number of aromatic nitrogens is 1. The number of allylic oxidation sites excluding steroid dienone is 1. The fourth-order valence-electron chi connectivity index (χ4n) is 3.13. The van der Waals surface area contributed by atoms with Crippen molar-refractivity contribution in [2.75, 3.05) is 19.0 Å². The number of benzene rings is 2. The molecule has 2 aromatic carbocycles. The molecule has 30 heavy (non-hydrogen) atoms. The van der Waals surface area contributed by atoms with Gasteiger partial charge in [-0.3, -0.25) is 4.79 Å². The molecule has 0 fully saturated rings. The molecule has 9 heteroatoms. The lowest BCUT2D eigenvalue weighted by Crippen LogP contribution is -2.18. The van der Waals surface area contributed by atoms with Crippen LogP contribution in [0, 0.1) is 0 Å². The second-order valence-corrected chi connectivity index (χ2v) is 9.75. The Labute approximate surface area is 177 Å². The van der Waals surface area contributed by atoms with Crippen LogP contribution in [0.1, 0.15) is 6.42 Å². The number of carbonyl (C=O) groups excluding carboxylic acids is 1. The Morgan fingerprint density at radius 2 is 1.87 bits per heavy atom. The van der Waals surface area contributed by atoms with E-state index < -0.39 is 15.7 Å². The average Bonchev–Trinajstić information content (AvgIpc) is 3.07. The van der Waals surface area contributed by atoms with Crippen molar-refractivity contribution in [2.45, 2.75) is 17.9 Å². The van der Waals surface area contributed by atoms with Crippen molar-refractivity contribution in [2.24, 2.45) is 4.99 Å². The summed E-state index contributed by atoms with van der Waals surface area (Å²) in [5.41, 5.74) is 0.854. The Bertz CT molecular complexity index is 1270. The highest BCUT2D eigenvalue weighted by Crippen LogP contribution is 2.35. The number of fused-ring (bicyclic) bond motifs is 2. The summed E-state index contributed by atoms with van der Waals surface area (Å²) in [5, 5.41) is 0. The lowest BCUT2D eigenvalue weighted by Gasteiger charge is -2.18. The van der Waals surface area contributed by atoms with Crippen LogP contribution in [-0.4, -0.2) is 37.9 Å². The van der Waals surface area contributed by atoms with Crippen LogP contribution >= 0.6 is 11.3 Å². The SMILES string of the molecule is C=CCn1c(=NC(=O)CCS(=O)(=O)c2ccccc2)sc2cc3c(cc21)OCCO3. The van der Waals surface area contributed by atoms with Crippen LogP contribution in [-0.2, 0) is 21.2 Å². The molecule has 0 spiro atoms. The van der Waals surface area contributed by atoms with Crippen LogP contribution in [0.5, 0.6) is 11.5 Å². The van der Waals surface area contributed by atoms with Gasteiger partial charge in [-0.15, -0.1) is 6.58 Å². The number of amides is 1. The van der Waals surface area contributed by atoms with Crippen molar-refractivity contribution < 1.29 is 22.7 Å². The van der Waals surface area contributed by atoms with Crippen molar-refractivity contribution in [1.82, 2.24) is 4.57 Å². The molecule has 1 aromatic heterocycles. The zero-order chi connectivity index (χ0) is 21.1. The van der Waals surface area contributed by atoms with E-state index in [4.69, 9.17) is 9.47 Å². The molecule has 0 unspecified atom stereocenters. The maximum atomic E-state index is 12.5. The first-order chi connectivity index (χ1) is 14.5. The summed E-state index contributed by atoms with van der Waals surface area (Å²) in [4.78, 5) is 17.3. The van der Waals surface area contributed by atoms with Crippen molar-refractivity contribution in [3.8, 4) is 11.5 Å². The maximum Gasteiger partial charge on any atom is 0.249 e. The van der Waals surface area contributed by atoms with Gasteiger partial charge in [-0.25, -0.2) is 8.42 Å². The first kappa shape index (κ1) is 20.4. The largest absolute Gasteiger partial charge is 0.486 e. The summed E-state index contributed by atoms with van der Waals surface area (Å²) in [6, 6.07) is 11.8. The molecule has 7 nitrogen and oxygen atoms in total. The number of rotatable bonds is 6. The van der Waals surface area contributed by atoms with E-state index in [1.54, 1.807) is 24.3 Å². The Morgan fingerprint density at radius 3 is 2.57 bits per heavy atom. The summed E-state index contributed by atoms with van der Waals surface area (Å²) in [6.07, 6.45) is 1.52. The zero-order valence-corrected chi connectivity index (χ0v) is 17.7. The average molecular weight is 445 g/mol. The monoisotopic (exact) mass is 444 g/mol. The van der Waals surface area contributed by atoms with E-state index in [1.807, 2.05) is 16.7 Å². The van der Waals surface area contributed by atoms with Crippen LogP contribution < -0.4 is 14.3 Å². The van der Waals surface area contributed by atoms with Gasteiger partial charge in [-0.1, -0.05) is 35.6 Å². The molecule has 1 aliphatic rings. The quantitative estimate of drug-likeness (QED) is 0.546. The molecule has 156 valence electrons. The van der Waals surface area contributed by atoms with Crippen molar-refractivity contribution >= 4 is 37.3 Å². The van der Waals surface area contributed by atoms with E-state index in [-0.39, 0.29) is 17.1 Å². The third-order valence-corrected chi connectivity index (χ3v) is 7.34. The van der Waals surface area contributed by atoms with E-state index in [1.165, 1.54) is 23.5 Å². The maximum absolute atomic E-state index is 12.5. The highest BCUT2D eigenvalue weighted by atomic mass is 32.2. The van der Waals surface area contributed by atoms with E-state index in [9.17, 15) is 13.2 Å². The molecule has 4 rings (SSSR count). The highest BCUT2D eigenvalue weighted by Gasteiger charge is 2.18. The van der Waals surface area contributed by atoms with Crippen LogP contribution in [0.25, 0.3) is 10.2 Å². The third-order valence-electron chi connectivity index (χ3n) is 4.57. The van der Waals surface area contributed by atoms with Gasteiger partial charge in [0, 0.05) is 25.1 Å². The lowest BCUT2D eigenvalue weighted by molar-refractivity contribution is -0.117. The van der Waals surface area contributed by atoms with Gasteiger partial charge in [0.1, 0.15) is 13.2 Å². The second kappa shape index (κ2) is 8.45. The molecule has 0 radical (unpaired) electrons. The van der Waals surface area contributed by atoms with Crippen molar-refractivity contribution in [1.29, 1.82) is 0 Å². The fraction of sp³-hybridized carbons (Fsp3) is 0.238. The molecule has 1 amide bonds. The standard InChI is InChI=1S/C21H20N2O5S2/c1-2-9-23-16-13-17-18(28-11-10-27-17)14-19(16)29-21(23)22-20(24)8-12-30(25,26)15-6-4-3-5-7-15/h2-7,13-14H,1,8-12H2. The Kier molecular flexibility index (Phi) is 5.74. The Hall–Kier alpha value is -2.91. The predicted molar refractivity (Wildman–Crippen MR) is 115 cm³/mol. The molecule has 3 aromatic rings. The number of hydrogen-bond acceptors (Lipinski definition) is 6. The second-order valence-electron chi connectivity index (χ2n) is 6.63. The number of carbonyl (C=O) groups is 1. The molecule has 0 saturated heterocycles. The third kappa shape index (κ3) is 4.17. The van der Waals surface area contributed by atoms with Gasteiger partial charge in [-0.05, 0) is 12.1 Å². The minimum absolute atomic E-state index is 0.192. The minimum atomic E-state index is -3.54. The number of hydrogen-bond donors (Lipinski definition) is 0. The van der Waals surface area contributed by atoms with E-state index >= 15 is 0 Å². The smallest absolute Gasteiger partial charge is 0.249 e. The van der Waals surface area contributed by atoms with E-state index in [2.05, 4.69) is 11.6 Å². The van der Waals surface area contributed by atoms with Crippen molar-refractivity contribution in [3.63, 3.8) is 0 Å². The molecule has 2 heterocycles. The van der Waals surface area contributed by atoms with Gasteiger partial charge in [0.05, 0.1) is 20.9 Å². The zero-order valence-electron chi connectivity index (χ0n) is 16.1. The number of sulfone groups is 1. The lowest BCUT2D eigenvalue weighted by atomic mass is 10.2. The number of thiazole rings is 1. The highest BCUT2D eigenvalue weighted by molar-refractivity contribution is 7.91. The summed E-state index contributed by atoms with van der Waals surface area (Å²) >= 11 is 1.34. The van der Waals surface area contributed by atoms with Gasteiger partial charge in [0.25, 0.3) is 0 Å². The summed E-state index contributed by atoms with van der Waals surface area (Å²) < 4.78 is 38.8. The minimum Gasteiger partial charge on any atom is -0.486 e. The van der Waals surface area contributed by atoms with Gasteiger partial charge in [0.2, 0.25) is 5.91 Å². The summed E-state index contributed by atoms with van der Waals surface area (Å²) in [5.74, 6) is 0.529. The molecular weight excluding hydrogens is 424 g/mol. The molecule has 0 bridgehead atoms. The van der Waals surface area contributed by atoms with Crippen molar-refractivity contribution in [3.05, 3.63) is 59.9 Å². The molecular formula is C21H20N2O5S2. The van der Waals surface area contributed by atoms with E-state index in [0.717, 1.165) is 10.2 Å². The van der Waals surface area contributed by atoms with Crippen LogP contribution in [0.3, 0.4) is 0 Å². The van der Waals surface area contributed by atoms with Crippen LogP contribution in [0.2, 0.25) is 0 Å². The molecule has 0 aliphatic carbocycles.